The molecule has 0 aromatic rings. The molecule has 0 rings (SSSR count). The Kier molecular flexibility index (Phi) is 46.8. The number of amides is 1. The van der Waals surface area contributed by atoms with E-state index >= 15 is 0 Å². The van der Waals surface area contributed by atoms with E-state index in [0.717, 1.165) is 38.5 Å². The fourth-order valence-corrected chi connectivity index (χ4v) is 7.74. The zero-order valence-corrected chi connectivity index (χ0v) is 37.9. The normalized spacial score (nSPS) is 13.1. The maximum absolute atomic E-state index is 12.4. The molecule has 2 unspecified atom stereocenters. The smallest absolute Gasteiger partial charge is 0.220 e. The zero-order valence-electron chi connectivity index (χ0n) is 37.9. The van der Waals surface area contributed by atoms with Crippen LogP contribution in [0.2, 0.25) is 0 Å². The molecule has 0 fully saturated rings. The number of carbonyl (C=O) groups excluding carboxylic acids is 1. The van der Waals surface area contributed by atoms with Gasteiger partial charge in [-0.3, -0.25) is 4.79 Å². The van der Waals surface area contributed by atoms with Gasteiger partial charge in [-0.2, -0.15) is 0 Å². The van der Waals surface area contributed by atoms with Gasteiger partial charge in [0.2, 0.25) is 5.91 Å². The molecule has 0 aliphatic heterocycles. The van der Waals surface area contributed by atoms with Crippen molar-refractivity contribution in [3.8, 4) is 0 Å². The molecule has 0 bridgehead atoms. The summed E-state index contributed by atoms with van der Waals surface area (Å²) in [5.41, 5.74) is 0. The Morgan fingerprint density at radius 1 is 0.411 bits per heavy atom. The third-order valence-corrected chi connectivity index (χ3v) is 11.6. The highest BCUT2D eigenvalue weighted by Crippen LogP contribution is 2.17. The van der Waals surface area contributed by atoms with Gasteiger partial charge in [0.05, 0.1) is 18.8 Å². The van der Waals surface area contributed by atoms with Gasteiger partial charge < -0.3 is 15.5 Å². The first-order valence-electron chi connectivity index (χ1n) is 25.2. The maximum Gasteiger partial charge on any atom is 0.220 e. The van der Waals surface area contributed by atoms with Crippen LogP contribution in [0.4, 0.5) is 0 Å². The van der Waals surface area contributed by atoms with Gasteiger partial charge >= 0.3 is 0 Å². The lowest BCUT2D eigenvalue weighted by Crippen LogP contribution is -2.45. The first-order chi connectivity index (χ1) is 27.7. The summed E-state index contributed by atoms with van der Waals surface area (Å²) in [6.45, 7) is 4.30. The highest BCUT2D eigenvalue weighted by atomic mass is 16.3. The van der Waals surface area contributed by atoms with Gasteiger partial charge in [-0.15, -0.1) is 0 Å². The number of allylic oxidation sites excluding steroid dienone is 5. The lowest BCUT2D eigenvalue weighted by molar-refractivity contribution is -0.123. The van der Waals surface area contributed by atoms with Gasteiger partial charge in [0.25, 0.3) is 0 Å². The summed E-state index contributed by atoms with van der Waals surface area (Å²) in [5.74, 6) is -0.0738. The predicted octanol–water partition coefficient (Wildman–Crippen LogP) is 16.1. The second-order valence-electron chi connectivity index (χ2n) is 17.2. The fraction of sp³-hybridized carbons (Fsp3) is 0.865. The Labute approximate surface area is 351 Å². The Hall–Kier alpha value is -1.39. The van der Waals surface area contributed by atoms with Crippen LogP contribution in [-0.4, -0.2) is 34.9 Å². The van der Waals surface area contributed by atoms with Crippen LogP contribution in [0.3, 0.4) is 0 Å². The molecule has 0 radical (unpaired) electrons. The number of aliphatic hydroxyl groups excluding tert-OH is 2. The van der Waals surface area contributed by atoms with Gasteiger partial charge in [0.1, 0.15) is 0 Å². The molecule has 0 aromatic heterocycles. The molecule has 0 aliphatic carbocycles. The lowest BCUT2D eigenvalue weighted by Gasteiger charge is -2.19. The van der Waals surface area contributed by atoms with Crippen molar-refractivity contribution in [2.24, 2.45) is 0 Å². The van der Waals surface area contributed by atoms with Gasteiger partial charge in [-0.25, -0.2) is 0 Å². The molecule has 0 aliphatic rings. The van der Waals surface area contributed by atoms with Crippen molar-refractivity contribution in [1.82, 2.24) is 5.32 Å². The quantitative estimate of drug-likeness (QED) is 0.0425. The molecule has 1 amide bonds. The van der Waals surface area contributed by atoms with Crippen LogP contribution >= 0.6 is 0 Å². The van der Waals surface area contributed by atoms with Crippen LogP contribution in [0.5, 0.6) is 0 Å². The Balaban J connectivity index is 3.49. The van der Waals surface area contributed by atoms with Crippen molar-refractivity contribution < 1.29 is 15.0 Å². The van der Waals surface area contributed by atoms with Crippen LogP contribution in [0, 0.1) is 0 Å². The van der Waals surface area contributed by atoms with Crippen LogP contribution in [0.15, 0.2) is 36.5 Å². The standard InChI is InChI=1S/C52H99NO3/c1-3-5-7-9-11-13-15-17-19-21-22-23-24-25-26-27-28-29-30-31-32-34-36-38-40-42-44-46-48-52(56)53-50(49-54)51(55)47-45-43-41-39-37-35-33-20-18-16-14-12-10-8-6-4-2/h18,20,37,39,45,47,50-51,54-55H,3-17,19,21-36,38,40-44,46,48-49H2,1-2H3,(H,53,56)/b20-18+,39-37+,47-45+. The molecule has 0 saturated carbocycles. The summed E-state index contributed by atoms with van der Waals surface area (Å²) >= 11 is 0. The number of hydrogen-bond donors (Lipinski definition) is 3. The van der Waals surface area contributed by atoms with Gasteiger partial charge in [0, 0.05) is 6.42 Å². The number of aliphatic hydroxyl groups is 2. The third kappa shape index (κ3) is 43.7. The van der Waals surface area contributed by atoms with E-state index in [-0.39, 0.29) is 12.5 Å². The lowest BCUT2D eigenvalue weighted by atomic mass is 10.0. The summed E-state index contributed by atoms with van der Waals surface area (Å²) < 4.78 is 0. The fourth-order valence-electron chi connectivity index (χ4n) is 7.74. The van der Waals surface area contributed by atoms with E-state index in [1.54, 1.807) is 6.08 Å². The minimum absolute atomic E-state index is 0.0738. The van der Waals surface area contributed by atoms with Gasteiger partial charge in [-0.1, -0.05) is 256 Å². The van der Waals surface area contributed by atoms with Crippen molar-refractivity contribution in [1.29, 1.82) is 0 Å². The molecule has 0 aromatic carbocycles. The second kappa shape index (κ2) is 48.0. The molecule has 0 saturated heterocycles. The van der Waals surface area contributed by atoms with Crippen molar-refractivity contribution >= 4 is 5.91 Å². The Morgan fingerprint density at radius 2 is 0.696 bits per heavy atom. The summed E-state index contributed by atoms with van der Waals surface area (Å²) in [6.07, 6.45) is 64.3. The highest BCUT2D eigenvalue weighted by molar-refractivity contribution is 5.76. The van der Waals surface area contributed by atoms with E-state index < -0.39 is 12.1 Å². The maximum atomic E-state index is 12.4. The average Bonchev–Trinajstić information content (AvgIpc) is 3.20. The molecule has 4 heteroatoms. The Morgan fingerprint density at radius 3 is 1.04 bits per heavy atom. The van der Waals surface area contributed by atoms with Crippen molar-refractivity contribution in [2.75, 3.05) is 6.61 Å². The summed E-state index contributed by atoms with van der Waals surface area (Å²) in [4.78, 5) is 12.4. The first-order valence-corrected chi connectivity index (χ1v) is 25.2. The minimum Gasteiger partial charge on any atom is -0.394 e. The molecule has 4 nitrogen and oxygen atoms in total. The van der Waals surface area contributed by atoms with E-state index in [2.05, 4.69) is 43.5 Å². The van der Waals surface area contributed by atoms with Crippen molar-refractivity contribution in [3.63, 3.8) is 0 Å². The van der Waals surface area contributed by atoms with Crippen LogP contribution < -0.4 is 5.32 Å². The minimum atomic E-state index is -0.867. The van der Waals surface area contributed by atoms with Crippen LogP contribution in [0.25, 0.3) is 0 Å². The molecular weight excluding hydrogens is 687 g/mol. The predicted molar refractivity (Wildman–Crippen MR) is 248 cm³/mol. The second-order valence-corrected chi connectivity index (χ2v) is 17.2. The molecule has 330 valence electrons. The Bertz CT molecular complexity index is 851. The monoisotopic (exact) mass is 786 g/mol. The van der Waals surface area contributed by atoms with Crippen molar-refractivity contribution in [3.05, 3.63) is 36.5 Å². The van der Waals surface area contributed by atoms with Gasteiger partial charge in [-0.05, 0) is 44.9 Å². The summed E-state index contributed by atoms with van der Waals surface area (Å²) in [5, 5.41) is 23.0. The number of hydrogen-bond acceptors (Lipinski definition) is 3. The molecule has 0 heterocycles. The average molecular weight is 786 g/mol. The van der Waals surface area contributed by atoms with E-state index in [1.165, 1.54) is 212 Å². The molecule has 2 atom stereocenters. The van der Waals surface area contributed by atoms with E-state index in [0.29, 0.717) is 6.42 Å². The zero-order chi connectivity index (χ0) is 40.7. The number of nitrogens with one attached hydrogen (secondary N) is 1. The third-order valence-electron chi connectivity index (χ3n) is 11.6. The number of carbonyl (C=O) groups is 1. The van der Waals surface area contributed by atoms with Gasteiger partial charge in [0.15, 0.2) is 0 Å². The molecule has 3 N–H and O–H groups in total. The summed E-state index contributed by atoms with van der Waals surface area (Å²) in [7, 11) is 0. The van der Waals surface area contributed by atoms with Crippen LogP contribution in [-0.2, 0) is 4.79 Å². The SMILES string of the molecule is CCCCCCCC/C=C/CC/C=C/CC/C=C/C(O)C(CO)NC(=O)CCCCCCCCCCCCCCCCCCCCCCCCCCCCCC. The molecular formula is C52H99NO3. The number of unbranched alkanes of at least 4 members (excludes halogenated alkanes) is 35. The topological polar surface area (TPSA) is 69.6 Å². The van der Waals surface area contributed by atoms with E-state index in [9.17, 15) is 15.0 Å². The number of rotatable bonds is 46. The van der Waals surface area contributed by atoms with Crippen molar-refractivity contribution in [2.45, 2.75) is 283 Å². The first kappa shape index (κ1) is 54.6. The van der Waals surface area contributed by atoms with Crippen LogP contribution in [0.1, 0.15) is 271 Å². The molecule has 56 heavy (non-hydrogen) atoms. The highest BCUT2D eigenvalue weighted by Gasteiger charge is 2.17. The van der Waals surface area contributed by atoms with E-state index in [4.69, 9.17) is 0 Å². The summed E-state index contributed by atoms with van der Waals surface area (Å²) in [6, 6.07) is -0.642. The molecule has 0 spiro atoms. The largest absolute Gasteiger partial charge is 0.394 e. The van der Waals surface area contributed by atoms with E-state index in [1.807, 2.05) is 6.08 Å².